The van der Waals surface area contributed by atoms with Gasteiger partial charge < -0.3 is 20.2 Å². The van der Waals surface area contributed by atoms with Crippen LogP contribution in [0.3, 0.4) is 0 Å². The van der Waals surface area contributed by atoms with Crippen LogP contribution in [0.5, 0.6) is 0 Å². The molecule has 0 spiro atoms. The number of nitrogens with zero attached hydrogens (tertiary/aromatic N) is 2. The molecule has 2 N–H and O–H groups in total. The molecule has 0 unspecified atom stereocenters. The quantitative estimate of drug-likeness (QED) is 0.789. The van der Waals surface area contributed by atoms with Crippen molar-refractivity contribution in [1.82, 2.24) is 15.1 Å². The van der Waals surface area contributed by atoms with Gasteiger partial charge in [-0.2, -0.15) is 0 Å². The normalized spacial score (nSPS) is 26.4. The zero-order valence-electron chi connectivity index (χ0n) is 15.4. The van der Waals surface area contributed by atoms with Gasteiger partial charge in [0.2, 0.25) is 5.91 Å². The van der Waals surface area contributed by atoms with E-state index in [1.165, 1.54) is 0 Å². The van der Waals surface area contributed by atoms with E-state index in [1.54, 1.807) is 0 Å². The standard InChI is InChI=1S/C18H33N3O3/c1-18(2,3)17(24)21-9-5-14(12-16(22)23)15(13-21)4-8-20-10-6-19-7-11-20/h14-15,19H,4-13H2,1-3H3,(H,22,23)/t14-,15-/m0/s1. The maximum absolute atomic E-state index is 12.6. The molecule has 2 rings (SSSR count). The zero-order chi connectivity index (χ0) is 17.7. The Morgan fingerprint density at radius 2 is 1.79 bits per heavy atom. The van der Waals surface area contributed by atoms with Gasteiger partial charge in [0.15, 0.2) is 0 Å². The third-order valence-corrected chi connectivity index (χ3v) is 5.28. The van der Waals surface area contributed by atoms with Crippen LogP contribution in [0.15, 0.2) is 0 Å². The van der Waals surface area contributed by atoms with Gasteiger partial charge in [-0.15, -0.1) is 0 Å². The topological polar surface area (TPSA) is 72.9 Å². The molecule has 0 aromatic heterocycles. The third kappa shape index (κ3) is 5.45. The molecule has 2 saturated heterocycles. The predicted molar refractivity (Wildman–Crippen MR) is 93.8 cm³/mol. The SMILES string of the molecule is CC(C)(C)C(=O)N1CC[C@@H](CC(=O)O)[C@@H](CCN2CCNCC2)C1. The summed E-state index contributed by atoms with van der Waals surface area (Å²) in [6, 6.07) is 0. The minimum Gasteiger partial charge on any atom is -0.481 e. The molecule has 6 heteroatoms. The fourth-order valence-electron chi connectivity index (χ4n) is 3.84. The Hall–Kier alpha value is -1.14. The maximum Gasteiger partial charge on any atom is 0.303 e. The smallest absolute Gasteiger partial charge is 0.303 e. The van der Waals surface area contributed by atoms with Crippen LogP contribution in [0.1, 0.15) is 40.0 Å². The van der Waals surface area contributed by atoms with Gasteiger partial charge >= 0.3 is 5.97 Å². The van der Waals surface area contributed by atoms with Crippen molar-refractivity contribution < 1.29 is 14.7 Å². The van der Waals surface area contributed by atoms with Gasteiger partial charge in [-0.25, -0.2) is 0 Å². The second-order valence-electron chi connectivity index (χ2n) is 8.29. The number of aliphatic carboxylic acids is 1. The first kappa shape index (κ1) is 19.2. The van der Waals surface area contributed by atoms with Crippen molar-refractivity contribution in [3.8, 4) is 0 Å². The van der Waals surface area contributed by atoms with Gasteiger partial charge in [0.05, 0.1) is 0 Å². The Balaban J connectivity index is 1.96. The number of carboxylic acids is 1. The van der Waals surface area contributed by atoms with E-state index in [9.17, 15) is 14.7 Å². The van der Waals surface area contributed by atoms with Crippen molar-refractivity contribution in [2.45, 2.75) is 40.0 Å². The number of carboxylic acid groups (broad SMARTS) is 1. The third-order valence-electron chi connectivity index (χ3n) is 5.28. The first-order valence-corrected chi connectivity index (χ1v) is 9.21. The van der Waals surface area contributed by atoms with Crippen molar-refractivity contribution in [2.75, 3.05) is 45.8 Å². The average molecular weight is 339 g/mol. The second kappa shape index (κ2) is 8.30. The molecule has 24 heavy (non-hydrogen) atoms. The first-order valence-electron chi connectivity index (χ1n) is 9.21. The number of piperazine rings is 1. The lowest BCUT2D eigenvalue weighted by molar-refractivity contribution is -0.143. The van der Waals surface area contributed by atoms with Crippen LogP contribution in [-0.4, -0.2) is 72.6 Å². The molecule has 138 valence electrons. The van der Waals surface area contributed by atoms with Crippen LogP contribution in [-0.2, 0) is 9.59 Å². The van der Waals surface area contributed by atoms with Crippen molar-refractivity contribution >= 4 is 11.9 Å². The van der Waals surface area contributed by atoms with Crippen LogP contribution >= 0.6 is 0 Å². The summed E-state index contributed by atoms with van der Waals surface area (Å²) in [6.45, 7) is 12.4. The lowest BCUT2D eigenvalue weighted by Gasteiger charge is -2.41. The van der Waals surface area contributed by atoms with Crippen molar-refractivity contribution in [3.63, 3.8) is 0 Å². The summed E-state index contributed by atoms with van der Waals surface area (Å²) in [7, 11) is 0. The molecule has 0 aliphatic carbocycles. The number of hydrogen-bond donors (Lipinski definition) is 2. The molecule has 0 bridgehead atoms. The highest BCUT2D eigenvalue weighted by atomic mass is 16.4. The Kier molecular flexibility index (Phi) is 6.63. The molecule has 0 aromatic carbocycles. The van der Waals surface area contributed by atoms with Gasteiger partial charge in [-0.05, 0) is 31.2 Å². The van der Waals surface area contributed by atoms with E-state index >= 15 is 0 Å². The van der Waals surface area contributed by atoms with E-state index in [0.29, 0.717) is 13.1 Å². The molecule has 2 aliphatic heterocycles. The van der Waals surface area contributed by atoms with Crippen LogP contribution in [0.25, 0.3) is 0 Å². The molecule has 0 radical (unpaired) electrons. The van der Waals surface area contributed by atoms with E-state index in [4.69, 9.17) is 0 Å². The van der Waals surface area contributed by atoms with Crippen LogP contribution in [0.2, 0.25) is 0 Å². The largest absolute Gasteiger partial charge is 0.481 e. The average Bonchev–Trinajstić information content (AvgIpc) is 2.53. The van der Waals surface area contributed by atoms with Crippen LogP contribution in [0, 0.1) is 17.3 Å². The molecule has 6 nitrogen and oxygen atoms in total. The Labute approximate surface area is 145 Å². The van der Waals surface area contributed by atoms with Gasteiger partial charge in [-0.1, -0.05) is 20.8 Å². The zero-order valence-corrected chi connectivity index (χ0v) is 15.4. The van der Waals surface area contributed by atoms with E-state index in [2.05, 4.69) is 10.2 Å². The van der Waals surface area contributed by atoms with Crippen molar-refractivity contribution in [2.24, 2.45) is 17.3 Å². The summed E-state index contributed by atoms with van der Waals surface area (Å²) in [6.07, 6.45) is 2.01. The van der Waals surface area contributed by atoms with Crippen LogP contribution in [0.4, 0.5) is 0 Å². The number of amides is 1. The monoisotopic (exact) mass is 339 g/mol. The van der Waals surface area contributed by atoms with Gasteiger partial charge in [0.25, 0.3) is 0 Å². The number of carbonyl (C=O) groups is 2. The summed E-state index contributed by atoms with van der Waals surface area (Å²) in [5, 5.41) is 12.6. The Morgan fingerprint density at radius 1 is 1.12 bits per heavy atom. The Morgan fingerprint density at radius 3 is 2.38 bits per heavy atom. The molecule has 2 heterocycles. The highest BCUT2D eigenvalue weighted by Gasteiger charge is 2.36. The van der Waals surface area contributed by atoms with Gasteiger partial charge in [0.1, 0.15) is 0 Å². The minimum atomic E-state index is -0.720. The maximum atomic E-state index is 12.6. The highest BCUT2D eigenvalue weighted by molar-refractivity contribution is 5.81. The van der Waals surface area contributed by atoms with Crippen molar-refractivity contribution in [3.05, 3.63) is 0 Å². The molecule has 2 fully saturated rings. The fourth-order valence-corrected chi connectivity index (χ4v) is 3.84. The second-order valence-corrected chi connectivity index (χ2v) is 8.29. The molecular formula is C18H33N3O3. The lowest BCUT2D eigenvalue weighted by atomic mass is 9.80. The molecule has 0 aromatic rings. The van der Waals surface area contributed by atoms with E-state index in [-0.39, 0.29) is 29.6 Å². The lowest BCUT2D eigenvalue weighted by Crippen LogP contribution is -2.49. The van der Waals surface area contributed by atoms with E-state index in [1.807, 2.05) is 25.7 Å². The van der Waals surface area contributed by atoms with Gasteiger partial charge in [-0.3, -0.25) is 9.59 Å². The number of carbonyl (C=O) groups excluding carboxylic acids is 1. The summed E-state index contributed by atoms with van der Waals surface area (Å²) in [5.74, 6) is -0.0586. The van der Waals surface area contributed by atoms with E-state index in [0.717, 1.165) is 45.6 Å². The molecule has 2 atom stereocenters. The fraction of sp³-hybridized carbons (Fsp3) is 0.889. The highest BCUT2D eigenvalue weighted by Crippen LogP contribution is 2.31. The van der Waals surface area contributed by atoms with Crippen molar-refractivity contribution in [1.29, 1.82) is 0 Å². The number of hydrogen-bond acceptors (Lipinski definition) is 4. The summed E-state index contributed by atoms with van der Waals surface area (Å²) >= 11 is 0. The van der Waals surface area contributed by atoms with E-state index < -0.39 is 5.97 Å². The molecule has 0 saturated carbocycles. The summed E-state index contributed by atoms with van der Waals surface area (Å²) < 4.78 is 0. The van der Waals surface area contributed by atoms with Crippen LogP contribution < -0.4 is 5.32 Å². The number of piperidine rings is 1. The Bertz CT molecular complexity index is 441. The predicted octanol–water partition coefficient (Wildman–Crippen LogP) is 1.27. The molecule has 1 amide bonds. The number of likely N-dealkylation sites (tertiary alicyclic amines) is 1. The summed E-state index contributed by atoms with van der Waals surface area (Å²) in [5.41, 5.74) is -0.372. The minimum absolute atomic E-state index is 0.184. The van der Waals surface area contributed by atoms with Gasteiger partial charge in [0, 0.05) is 51.1 Å². The number of nitrogens with one attached hydrogen (secondary N) is 1. The first-order chi connectivity index (χ1) is 11.3. The molecule has 2 aliphatic rings. The number of rotatable bonds is 5. The summed E-state index contributed by atoms with van der Waals surface area (Å²) in [4.78, 5) is 28.2. The molecular weight excluding hydrogens is 306 g/mol.